The van der Waals surface area contributed by atoms with E-state index in [2.05, 4.69) is 9.72 Å². The van der Waals surface area contributed by atoms with E-state index in [9.17, 15) is 14.4 Å². The average molecular weight is 271 g/mol. The highest BCUT2D eigenvalue weighted by Crippen LogP contribution is 2.07. The van der Waals surface area contributed by atoms with Crippen LogP contribution in [0.2, 0.25) is 0 Å². The fourth-order valence-corrected chi connectivity index (χ4v) is 1.44. The zero-order chi connectivity index (χ0) is 14.5. The van der Waals surface area contributed by atoms with Gasteiger partial charge in [-0.05, 0) is 18.2 Å². The maximum atomic E-state index is 11.7. The normalized spacial score (nSPS) is 9.80. The molecule has 2 rings (SSSR count). The molecule has 0 atom stereocenters. The molecule has 0 aliphatic heterocycles. The number of aromatic carboxylic acids is 1. The van der Waals surface area contributed by atoms with Gasteiger partial charge in [-0.1, -0.05) is 18.2 Å². The number of benzene rings is 1. The van der Waals surface area contributed by atoms with E-state index in [1.54, 1.807) is 18.2 Å². The van der Waals surface area contributed by atoms with Gasteiger partial charge in [0.15, 0.2) is 0 Å². The highest BCUT2D eigenvalue weighted by atomic mass is 16.6. The van der Waals surface area contributed by atoms with Crippen LogP contribution in [0.3, 0.4) is 0 Å². The van der Waals surface area contributed by atoms with Crippen LogP contribution in [-0.2, 0) is 4.74 Å². The van der Waals surface area contributed by atoms with Crippen LogP contribution in [0.1, 0.15) is 31.1 Å². The lowest BCUT2D eigenvalue weighted by Crippen LogP contribution is -2.13. The van der Waals surface area contributed by atoms with E-state index in [-0.39, 0.29) is 16.7 Å². The summed E-state index contributed by atoms with van der Waals surface area (Å²) in [6.45, 7) is 0. The van der Waals surface area contributed by atoms with Gasteiger partial charge in [0.05, 0.1) is 16.7 Å². The van der Waals surface area contributed by atoms with Gasteiger partial charge in [0, 0.05) is 12.4 Å². The summed E-state index contributed by atoms with van der Waals surface area (Å²) in [5.41, 5.74) is -0.0380. The highest BCUT2D eigenvalue weighted by molar-refractivity contribution is 6.03. The number of carboxylic acids is 1. The SMILES string of the molecule is O=C(O)c1cncc(C(=O)OC(=O)c2ccccc2)c1. The summed E-state index contributed by atoms with van der Waals surface area (Å²) in [6.07, 6.45) is 2.23. The average Bonchev–Trinajstić information content (AvgIpc) is 2.48. The van der Waals surface area contributed by atoms with Crippen LogP contribution in [0.5, 0.6) is 0 Å². The number of pyridine rings is 1. The van der Waals surface area contributed by atoms with E-state index in [0.717, 1.165) is 18.5 Å². The van der Waals surface area contributed by atoms with Crippen LogP contribution in [-0.4, -0.2) is 28.0 Å². The van der Waals surface area contributed by atoms with Crippen molar-refractivity contribution in [2.45, 2.75) is 0 Å². The Bertz CT molecular complexity index is 666. The third-order valence-electron chi connectivity index (χ3n) is 2.42. The summed E-state index contributed by atoms with van der Waals surface area (Å²) in [5, 5.41) is 8.79. The van der Waals surface area contributed by atoms with Crippen molar-refractivity contribution in [3.8, 4) is 0 Å². The summed E-state index contributed by atoms with van der Waals surface area (Å²) in [7, 11) is 0. The molecule has 2 aromatic rings. The molecule has 0 saturated carbocycles. The quantitative estimate of drug-likeness (QED) is 0.675. The molecule has 0 aliphatic rings. The minimum absolute atomic E-state index is 0.103. The molecule has 100 valence electrons. The molecule has 1 aromatic heterocycles. The van der Waals surface area contributed by atoms with Crippen molar-refractivity contribution in [1.29, 1.82) is 0 Å². The summed E-state index contributed by atoms with van der Waals surface area (Å²) < 4.78 is 4.65. The van der Waals surface area contributed by atoms with Gasteiger partial charge in [-0.25, -0.2) is 14.4 Å². The molecule has 6 heteroatoms. The molecule has 0 bridgehead atoms. The Balaban J connectivity index is 2.15. The van der Waals surface area contributed by atoms with E-state index in [1.165, 1.54) is 12.1 Å². The molecule has 0 unspecified atom stereocenters. The number of ether oxygens (including phenoxy) is 1. The van der Waals surface area contributed by atoms with Gasteiger partial charge in [0.1, 0.15) is 0 Å². The second-order valence-electron chi connectivity index (χ2n) is 3.81. The van der Waals surface area contributed by atoms with E-state index in [0.29, 0.717) is 0 Å². The number of carbonyl (C=O) groups is 3. The van der Waals surface area contributed by atoms with Crippen LogP contribution in [0.15, 0.2) is 48.8 Å². The summed E-state index contributed by atoms with van der Waals surface area (Å²) in [6, 6.07) is 9.08. The first kappa shape index (κ1) is 13.4. The number of carbonyl (C=O) groups excluding carboxylic acids is 2. The molecule has 0 amide bonds. The minimum atomic E-state index is -1.22. The molecule has 1 heterocycles. The van der Waals surface area contributed by atoms with Crippen LogP contribution in [0.4, 0.5) is 0 Å². The van der Waals surface area contributed by atoms with Crippen molar-refractivity contribution >= 4 is 17.9 Å². The Labute approximate surface area is 113 Å². The largest absolute Gasteiger partial charge is 0.478 e. The molecular formula is C14H9NO5. The molecule has 0 aliphatic carbocycles. The predicted octanol–water partition coefficient (Wildman–Crippen LogP) is 1.78. The Morgan fingerprint density at radius 2 is 1.50 bits per heavy atom. The predicted molar refractivity (Wildman–Crippen MR) is 67.4 cm³/mol. The third kappa shape index (κ3) is 3.05. The molecule has 0 saturated heterocycles. The monoisotopic (exact) mass is 271 g/mol. The van der Waals surface area contributed by atoms with E-state index >= 15 is 0 Å². The summed E-state index contributed by atoms with van der Waals surface area (Å²) >= 11 is 0. The third-order valence-corrected chi connectivity index (χ3v) is 2.42. The van der Waals surface area contributed by atoms with E-state index in [1.807, 2.05) is 0 Å². The summed E-state index contributed by atoms with van der Waals surface area (Å²) in [4.78, 5) is 37.8. The van der Waals surface area contributed by atoms with Crippen molar-refractivity contribution in [3.05, 3.63) is 65.5 Å². The smallest absolute Gasteiger partial charge is 0.347 e. The van der Waals surface area contributed by atoms with Gasteiger partial charge in [0.25, 0.3) is 0 Å². The Morgan fingerprint density at radius 1 is 0.900 bits per heavy atom. The van der Waals surface area contributed by atoms with Crippen LogP contribution in [0.25, 0.3) is 0 Å². The number of aromatic nitrogens is 1. The molecule has 6 nitrogen and oxygen atoms in total. The van der Waals surface area contributed by atoms with Crippen LogP contribution in [0, 0.1) is 0 Å². The Hall–Kier alpha value is -3.02. The van der Waals surface area contributed by atoms with Gasteiger partial charge < -0.3 is 9.84 Å². The fraction of sp³-hybridized carbons (Fsp3) is 0. The molecule has 0 fully saturated rings. The van der Waals surface area contributed by atoms with Crippen molar-refractivity contribution in [2.24, 2.45) is 0 Å². The molecule has 1 N–H and O–H groups in total. The van der Waals surface area contributed by atoms with Crippen LogP contribution < -0.4 is 0 Å². The summed E-state index contributed by atoms with van der Waals surface area (Å²) in [5.74, 6) is -2.98. The highest BCUT2D eigenvalue weighted by Gasteiger charge is 2.16. The van der Waals surface area contributed by atoms with Gasteiger partial charge in [-0.3, -0.25) is 4.98 Å². The lowest BCUT2D eigenvalue weighted by molar-refractivity contribution is 0.0397. The van der Waals surface area contributed by atoms with Crippen molar-refractivity contribution in [1.82, 2.24) is 4.98 Å². The van der Waals surface area contributed by atoms with Gasteiger partial charge >= 0.3 is 17.9 Å². The second-order valence-corrected chi connectivity index (χ2v) is 3.81. The molecule has 0 radical (unpaired) electrons. The Morgan fingerprint density at radius 3 is 2.15 bits per heavy atom. The molecule has 0 spiro atoms. The molecule has 1 aromatic carbocycles. The van der Waals surface area contributed by atoms with Gasteiger partial charge in [0.2, 0.25) is 0 Å². The topological polar surface area (TPSA) is 93.6 Å². The van der Waals surface area contributed by atoms with Crippen molar-refractivity contribution in [3.63, 3.8) is 0 Å². The van der Waals surface area contributed by atoms with Gasteiger partial charge in [-0.15, -0.1) is 0 Å². The van der Waals surface area contributed by atoms with Gasteiger partial charge in [-0.2, -0.15) is 0 Å². The molecule has 20 heavy (non-hydrogen) atoms. The molecular weight excluding hydrogens is 262 g/mol. The lowest BCUT2D eigenvalue weighted by atomic mass is 10.2. The maximum absolute atomic E-state index is 11.7. The zero-order valence-electron chi connectivity index (χ0n) is 10.1. The first-order valence-electron chi connectivity index (χ1n) is 5.58. The number of carboxylic acid groups (broad SMARTS) is 1. The fourth-order valence-electron chi connectivity index (χ4n) is 1.44. The van der Waals surface area contributed by atoms with E-state index in [4.69, 9.17) is 5.11 Å². The van der Waals surface area contributed by atoms with Crippen LogP contribution >= 0.6 is 0 Å². The lowest BCUT2D eigenvalue weighted by Gasteiger charge is -2.03. The minimum Gasteiger partial charge on any atom is -0.478 e. The standard InChI is InChI=1S/C14H9NO5/c16-12(17)10-6-11(8-15-7-10)14(19)20-13(18)9-4-2-1-3-5-9/h1-8H,(H,16,17). The number of hydrogen-bond donors (Lipinski definition) is 1. The van der Waals surface area contributed by atoms with E-state index < -0.39 is 17.9 Å². The number of esters is 2. The zero-order valence-corrected chi connectivity index (χ0v) is 10.1. The second kappa shape index (κ2) is 5.75. The van der Waals surface area contributed by atoms with Crippen molar-refractivity contribution in [2.75, 3.05) is 0 Å². The first-order valence-corrected chi connectivity index (χ1v) is 5.58. The first-order chi connectivity index (χ1) is 9.58. The van der Waals surface area contributed by atoms with Crippen molar-refractivity contribution < 1.29 is 24.2 Å². The number of nitrogens with zero attached hydrogens (tertiary/aromatic N) is 1. The number of rotatable bonds is 3. The Kier molecular flexibility index (Phi) is 3.85. The maximum Gasteiger partial charge on any atom is 0.347 e. The number of hydrogen-bond acceptors (Lipinski definition) is 5.